The van der Waals surface area contributed by atoms with Crippen molar-refractivity contribution in [1.82, 2.24) is 4.31 Å². The van der Waals surface area contributed by atoms with Crippen LogP contribution in [0.4, 0.5) is 10.1 Å². The Kier molecular flexibility index (Phi) is 5.92. The van der Waals surface area contributed by atoms with Crippen molar-refractivity contribution in [3.8, 4) is 0 Å². The second-order valence-electron chi connectivity index (χ2n) is 6.73. The van der Waals surface area contributed by atoms with E-state index >= 15 is 0 Å². The molecule has 0 saturated carbocycles. The van der Waals surface area contributed by atoms with E-state index in [1.54, 1.807) is 0 Å². The standard InChI is InChI=1S/C18H23FN2O5S/c1-26-12-13-5-4-10-21(13)27(24,25)14-6-7-16-15(11-14)17(22)18(23)20(16)9-3-2-8-19/h6-7,11,13H,2-5,8-10,12H2,1H3/t13-/m0/s1. The van der Waals surface area contributed by atoms with Gasteiger partial charge in [-0.15, -0.1) is 0 Å². The molecule has 1 aromatic rings. The molecule has 0 aromatic heterocycles. The fourth-order valence-electron chi connectivity index (χ4n) is 3.65. The van der Waals surface area contributed by atoms with E-state index in [2.05, 4.69) is 0 Å². The van der Waals surface area contributed by atoms with Crippen LogP contribution in [0.25, 0.3) is 0 Å². The van der Waals surface area contributed by atoms with Gasteiger partial charge in [-0.1, -0.05) is 0 Å². The third kappa shape index (κ3) is 3.63. The highest BCUT2D eigenvalue weighted by atomic mass is 32.2. The number of ketones is 1. The normalized spacial score (nSPS) is 20.5. The molecule has 1 atom stereocenters. The lowest BCUT2D eigenvalue weighted by Crippen LogP contribution is -2.38. The number of methoxy groups -OCH3 is 1. The number of carbonyl (C=O) groups is 2. The molecule has 1 amide bonds. The molecule has 0 spiro atoms. The molecule has 0 bridgehead atoms. The lowest BCUT2D eigenvalue weighted by atomic mass is 10.1. The average Bonchev–Trinajstić information content (AvgIpc) is 3.21. The van der Waals surface area contributed by atoms with Gasteiger partial charge in [0.25, 0.3) is 11.7 Å². The molecule has 3 rings (SSSR count). The van der Waals surface area contributed by atoms with Crippen molar-refractivity contribution in [3.05, 3.63) is 23.8 Å². The van der Waals surface area contributed by atoms with Crippen LogP contribution in [0, 0.1) is 0 Å². The first kappa shape index (κ1) is 19.9. The van der Waals surface area contributed by atoms with Crippen LogP contribution >= 0.6 is 0 Å². The summed E-state index contributed by atoms with van der Waals surface area (Å²) >= 11 is 0. The molecule has 1 aromatic carbocycles. The molecule has 0 unspecified atom stereocenters. The number of Topliss-reactive ketones (excluding diaryl/α,β-unsaturated/α-hetero) is 1. The van der Waals surface area contributed by atoms with Gasteiger partial charge in [0.05, 0.1) is 29.4 Å². The number of benzene rings is 1. The van der Waals surface area contributed by atoms with Crippen LogP contribution in [-0.4, -0.2) is 63.9 Å². The van der Waals surface area contributed by atoms with Crippen LogP contribution in [0.15, 0.2) is 23.1 Å². The molecule has 2 aliphatic heterocycles. The average molecular weight is 398 g/mol. The maximum absolute atomic E-state index is 13.0. The zero-order valence-electron chi connectivity index (χ0n) is 15.2. The number of amides is 1. The van der Waals surface area contributed by atoms with E-state index in [-0.39, 0.29) is 23.0 Å². The highest BCUT2D eigenvalue weighted by Crippen LogP contribution is 2.33. The van der Waals surface area contributed by atoms with Gasteiger partial charge >= 0.3 is 0 Å². The summed E-state index contributed by atoms with van der Waals surface area (Å²) in [6.45, 7) is 0.452. The van der Waals surface area contributed by atoms with Gasteiger partial charge in [-0.2, -0.15) is 4.31 Å². The summed E-state index contributed by atoms with van der Waals surface area (Å²) in [5.74, 6) is -1.42. The summed E-state index contributed by atoms with van der Waals surface area (Å²) < 4.78 is 44.9. The number of rotatable bonds is 8. The van der Waals surface area contributed by atoms with Crippen molar-refractivity contribution < 1.29 is 27.1 Å². The van der Waals surface area contributed by atoms with Gasteiger partial charge in [-0.05, 0) is 43.9 Å². The maximum Gasteiger partial charge on any atom is 0.299 e. The topological polar surface area (TPSA) is 84.0 Å². The van der Waals surface area contributed by atoms with Crippen molar-refractivity contribution in [2.45, 2.75) is 36.6 Å². The predicted molar refractivity (Wildman–Crippen MR) is 97.1 cm³/mol. The van der Waals surface area contributed by atoms with Crippen LogP contribution in [0.5, 0.6) is 0 Å². The lowest BCUT2D eigenvalue weighted by Gasteiger charge is -2.24. The third-order valence-corrected chi connectivity index (χ3v) is 6.94. The van der Waals surface area contributed by atoms with Crippen LogP contribution in [0.3, 0.4) is 0 Å². The molecule has 2 heterocycles. The highest BCUT2D eigenvalue weighted by Gasteiger charge is 2.39. The smallest absolute Gasteiger partial charge is 0.299 e. The fraction of sp³-hybridized carbons (Fsp3) is 0.556. The van der Waals surface area contributed by atoms with E-state index in [9.17, 15) is 22.4 Å². The Labute approximate surface area is 158 Å². The van der Waals surface area contributed by atoms with Crippen molar-refractivity contribution in [3.63, 3.8) is 0 Å². The number of hydrogen-bond acceptors (Lipinski definition) is 5. The predicted octanol–water partition coefficient (Wildman–Crippen LogP) is 1.77. The van der Waals surface area contributed by atoms with Crippen molar-refractivity contribution in [1.29, 1.82) is 0 Å². The van der Waals surface area contributed by atoms with Crippen LogP contribution in [-0.2, 0) is 19.6 Å². The zero-order valence-corrected chi connectivity index (χ0v) is 16.0. The Bertz CT molecular complexity index is 842. The Morgan fingerprint density at radius 1 is 1.26 bits per heavy atom. The lowest BCUT2D eigenvalue weighted by molar-refractivity contribution is -0.114. The summed E-state index contributed by atoms with van der Waals surface area (Å²) in [5, 5.41) is 0. The first-order chi connectivity index (χ1) is 12.9. The molecule has 1 saturated heterocycles. The summed E-state index contributed by atoms with van der Waals surface area (Å²) in [7, 11) is -2.26. The van der Waals surface area contributed by atoms with Crippen molar-refractivity contribution >= 4 is 27.4 Å². The summed E-state index contributed by atoms with van der Waals surface area (Å²) in [6, 6.07) is 3.96. The van der Waals surface area contributed by atoms with E-state index < -0.39 is 28.4 Å². The van der Waals surface area contributed by atoms with E-state index in [0.29, 0.717) is 31.7 Å². The van der Waals surface area contributed by atoms with Gasteiger partial charge in [0, 0.05) is 26.2 Å². The molecule has 0 aliphatic carbocycles. The minimum absolute atomic E-state index is 0.00369. The molecule has 148 valence electrons. The number of nitrogens with zero attached hydrogens (tertiary/aromatic N) is 2. The first-order valence-corrected chi connectivity index (χ1v) is 10.4. The van der Waals surface area contributed by atoms with E-state index in [4.69, 9.17) is 4.74 Å². The fourth-order valence-corrected chi connectivity index (χ4v) is 5.35. The number of fused-ring (bicyclic) bond motifs is 1. The molecule has 2 aliphatic rings. The second kappa shape index (κ2) is 8.04. The van der Waals surface area contributed by atoms with Gasteiger partial charge in [0.2, 0.25) is 10.0 Å². The number of anilines is 1. The van der Waals surface area contributed by atoms with Gasteiger partial charge in [0.1, 0.15) is 0 Å². The second-order valence-corrected chi connectivity index (χ2v) is 8.62. The van der Waals surface area contributed by atoms with Crippen LogP contribution < -0.4 is 4.90 Å². The minimum atomic E-state index is -3.79. The Hall–Kier alpha value is -1.84. The third-order valence-electron chi connectivity index (χ3n) is 5.00. The zero-order chi connectivity index (χ0) is 19.6. The van der Waals surface area contributed by atoms with Gasteiger partial charge in [-0.3, -0.25) is 14.0 Å². The van der Waals surface area contributed by atoms with Gasteiger partial charge in [-0.25, -0.2) is 8.42 Å². The maximum atomic E-state index is 13.0. The van der Waals surface area contributed by atoms with Crippen LogP contribution in [0.1, 0.15) is 36.0 Å². The molecule has 1 fully saturated rings. The molecule has 7 nitrogen and oxygen atoms in total. The minimum Gasteiger partial charge on any atom is -0.383 e. The number of hydrogen-bond donors (Lipinski definition) is 0. The molecular weight excluding hydrogens is 375 g/mol. The van der Waals surface area contributed by atoms with Gasteiger partial charge < -0.3 is 9.64 Å². The van der Waals surface area contributed by atoms with Crippen molar-refractivity contribution in [2.75, 3.05) is 38.4 Å². The Balaban J connectivity index is 1.90. The molecule has 9 heteroatoms. The molecule has 0 radical (unpaired) electrons. The van der Waals surface area contributed by atoms with E-state index in [1.165, 1.54) is 34.5 Å². The van der Waals surface area contributed by atoms with E-state index in [0.717, 1.165) is 12.8 Å². The first-order valence-electron chi connectivity index (χ1n) is 8.98. The SMILES string of the molecule is COC[C@@H]1CCCN1S(=O)(=O)c1ccc2c(c1)C(=O)C(=O)N2CCCCF. The molecule has 27 heavy (non-hydrogen) atoms. The molecule has 0 N–H and O–H groups in total. The van der Waals surface area contributed by atoms with Crippen LogP contribution in [0.2, 0.25) is 0 Å². The summed E-state index contributed by atoms with van der Waals surface area (Å²) in [6.07, 6.45) is 2.20. The number of alkyl halides is 1. The number of carbonyl (C=O) groups excluding carboxylic acids is 2. The van der Waals surface area contributed by atoms with E-state index in [1.807, 2.05) is 0 Å². The number of sulfonamides is 1. The van der Waals surface area contributed by atoms with Gasteiger partial charge in [0.15, 0.2) is 0 Å². The van der Waals surface area contributed by atoms with Crippen molar-refractivity contribution in [2.24, 2.45) is 0 Å². The highest BCUT2D eigenvalue weighted by molar-refractivity contribution is 7.89. The number of unbranched alkanes of at least 4 members (excludes halogenated alkanes) is 1. The Morgan fingerprint density at radius 2 is 2.04 bits per heavy atom. The summed E-state index contributed by atoms with van der Waals surface area (Å²) in [5.41, 5.74) is 0.474. The summed E-state index contributed by atoms with van der Waals surface area (Å²) in [4.78, 5) is 25.8. The largest absolute Gasteiger partial charge is 0.383 e. The monoisotopic (exact) mass is 398 g/mol. The quantitative estimate of drug-likeness (QED) is 0.492. The number of halogens is 1. The Morgan fingerprint density at radius 3 is 2.74 bits per heavy atom. The molecular formula is C18H23FN2O5S. The number of ether oxygens (including phenoxy) is 1.